The number of nitrogens with zero attached hydrogens (tertiary/aromatic N) is 1. The van der Waals surface area contributed by atoms with E-state index in [1.54, 1.807) is 6.92 Å². The van der Waals surface area contributed by atoms with Gasteiger partial charge in [-0.2, -0.15) is 0 Å². The smallest absolute Gasteiger partial charge is 0.315 e. The van der Waals surface area contributed by atoms with Gasteiger partial charge in [-0.05, 0) is 31.4 Å². The van der Waals surface area contributed by atoms with E-state index in [9.17, 15) is 4.79 Å². The van der Waals surface area contributed by atoms with Crippen molar-refractivity contribution >= 4 is 44.3 Å². The number of carbonyl (C=O) groups is 1. The second kappa shape index (κ2) is 7.94. The van der Waals surface area contributed by atoms with E-state index in [0.29, 0.717) is 19.1 Å². The van der Waals surface area contributed by atoms with Gasteiger partial charge in [0.1, 0.15) is 6.42 Å². The molecule has 0 aliphatic rings. The zero-order valence-corrected chi connectivity index (χ0v) is 14.2. The fourth-order valence-electron chi connectivity index (χ4n) is 2.10. The molecule has 2 rings (SSSR count). The summed E-state index contributed by atoms with van der Waals surface area (Å²) in [5.74, 6) is 0.0320. The van der Waals surface area contributed by atoms with Crippen LogP contribution in [0.5, 0.6) is 0 Å². The average Bonchev–Trinajstić information content (AvgIpc) is 2.51. The predicted molar refractivity (Wildman–Crippen MR) is 91.6 cm³/mol. The normalized spacial score (nSPS) is 11.5. The van der Waals surface area contributed by atoms with Gasteiger partial charge in [-0.15, -0.1) is 0 Å². The van der Waals surface area contributed by atoms with E-state index in [-0.39, 0.29) is 12.4 Å². The van der Waals surface area contributed by atoms with Crippen molar-refractivity contribution in [1.82, 2.24) is 0 Å². The number of carbonyl (C=O) groups excluding carboxylic acids is 1. The second-order valence-corrected chi connectivity index (χ2v) is 5.39. The zero-order chi connectivity index (χ0) is 15.9. The number of aliphatic imine (C=N–C) groups is 1. The predicted octanol–water partition coefficient (Wildman–Crippen LogP) is 4.62. The first-order valence-electron chi connectivity index (χ1n) is 7.19. The minimum absolute atomic E-state index is 0.0338. The van der Waals surface area contributed by atoms with Crippen LogP contribution in [0.1, 0.15) is 20.3 Å². The highest BCUT2D eigenvalue weighted by Crippen LogP contribution is 2.32. The summed E-state index contributed by atoms with van der Waals surface area (Å²) in [5.41, 5.74) is 0.770. The Hall–Kier alpha value is -1.88. The molecule has 0 unspecified atom stereocenters. The Balaban J connectivity index is 2.39. The SMILES string of the molecule is CCOC(=O)CC(=Nc1ccc(Br)c2ccccc12)OCC. The van der Waals surface area contributed by atoms with Gasteiger partial charge in [0.2, 0.25) is 0 Å². The zero-order valence-electron chi connectivity index (χ0n) is 12.6. The maximum atomic E-state index is 11.6. The molecule has 0 amide bonds. The molecule has 2 aromatic carbocycles. The molecule has 0 spiro atoms. The quantitative estimate of drug-likeness (QED) is 0.442. The highest BCUT2D eigenvalue weighted by molar-refractivity contribution is 9.10. The lowest BCUT2D eigenvalue weighted by molar-refractivity contribution is -0.141. The Morgan fingerprint density at radius 3 is 2.41 bits per heavy atom. The number of hydrogen-bond donors (Lipinski definition) is 0. The van der Waals surface area contributed by atoms with Gasteiger partial charge >= 0.3 is 5.97 Å². The number of hydrogen-bond acceptors (Lipinski definition) is 4. The van der Waals surface area contributed by atoms with E-state index in [4.69, 9.17) is 9.47 Å². The van der Waals surface area contributed by atoms with Crippen LogP contribution in [-0.2, 0) is 14.3 Å². The molecule has 0 saturated carbocycles. The first-order valence-corrected chi connectivity index (χ1v) is 7.98. The molecule has 0 aliphatic heterocycles. The van der Waals surface area contributed by atoms with Crippen LogP contribution in [0.4, 0.5) is 5.69 Å². The monoisotopic (exact) mass is 363 g/mol. The molecule has 116 valence electrons. The summed E-state index contributed by atoms with van der Waals surface area (Å²) in [6.45, 7) is 4.43. The number of benzene rings is 2. The fraction of sp³-hybridized carbons (Fsp3) is 0.294. The van der Waals surface area contributed by atoms with Crippen molar-refractivity contribution in [2.45, 2.75) is 20.3 Å². The number of ether oxygens (including phenoxy) is 2. The van der Waals surface area contributed by atoms with Crippen LogP contribution in [0, 0.1) is 0 Å². The molecule has 0 heterocycles. The summed E-state index contributed by atoms with van der Waals surface area (Å²) in [6, 6.07) is 11.8. The second-order valence-electron chi connectivity index (χ2n) is 4.53. The topological polar surface area (TPSA) is 47.9 Å². The largest absolute Gasteiger partial charge is 0.481 e. The van der Waals surface area contributed by atoms with Gasteiger partial charge < -0.3 is 9.47 Å². The Kier molecular flexibility index (Phi) is 5.95. The lowest BCUT2D eigenvalue weighted by Gasteiger charge is -2.09. The van der Waals surface area contributed by atoms with Gasteiger partial charge in [-0.1, -0.05) is 40.2 Å². The first-order chi connectivity index (χ1) is 10.7. The average molecular weight is 364 g/mol. The lowest BCUT2D eigenvalue weighted by Crippen LogP contribution is -2.14. The third-order valence-corrected chi connectivity index (χ3v) is 3.70. The number of halogens is 1. The molecule has 4 nitrogen and oxygen atoms in total. The highest BCUT2D eigenvalue weighted by atomic mass is 79.9. The third kappa shape index (κ3) is 4.07. The summed E-state index contributed by atoms with van der Waals surface area (Å²) in [5, 5.41) is 2.06. The van der Waals surface area contributed by atoms with Gasteiger partial charge in [-0.3, -0.25) is 4.79 Å². The molecule has 0 atom stereocenters. The van der Waals surface area contributed by atoms with Crippen LogP contribution >= 0.6 is 15.9 Å². The summed E-state index contributed by atoms with van der Waals surface area (Å²) < 4.78 is 11.4. The van der Waals surface area contributed by atoms with E-state index < -0.39 is 0 Å². The number of esters is 1. The van der Waals surface area contributed by atoms with Crippen molar-refractivity contribution in [3.05, 3.63) is 40.9 Å². The van der Waals surface area contributed by atoms with Gasteiger partial charge in [0.25, 0.3) is 0 Å². The van der Waals surface area contributed by atoms with E-state index >= 15 is 0 Å². The number of rotatable bonds is 5. The molecular formula is C17H18BrNO3. The summed E-state index contributed by atoms with van der Waals surface area (Å²) in [6.07, 6.45) is 0.0338. The third-order valence-electron chi connectivity index (χ3n) is 3.00. The number of fused-ring (bicyclic) bond motifs is 1. The molecule has 0 aromatic heterocycles. The fourth-order valence-corrected chi connectivity index (χ4v) is 2.58. The molecule has 0 radical (unpaired) electrons. The van der Waals surface area contributed by atoms with Crippen LogP contribution in [0.15, 0.2) is 45.9 Å². The van der Waals surface area contributed by atoms with Crippen LogP contribution in [0.3, 0.4) is 0 Å². The van der Waals surface area contributed by atoms with E-state index in [2.05, 4.69) is 20.9 Å². The summed E-state index contributed by atoms with van der Waals surface area (Å²) in [4.78, 5) is 16.2. The molecule has 0 fully saturated rings. The summed E-state index contributed by atoms with van der Waals surface area (Å²) >= 11 is 3.53. The standard InChI is InChI=1S/C17H18BrNO3/c1-3-21-16(11-17(20)22-4-2)19-15-10-9-14(18)12-7-5-6-8-13(12)15/h5-10H,3-4,11H2,1-2H3. The van der Waals surface area contributed by atoms with Gasteiger partial charge in [0, 0.05) is 9.86 Å². The molecule has 22 heavy (non-hydrogen) atoms. The minimum Gasteiger partial charge on any atom is -0.481 e. The van der Waals surface area contributed by atoms with Crippen molar-refractivity contribution in [2.24, 2.45) is 4.99 Å². The molecule has 2 aromatic rings. The van der Waals surface area contributed by atoms with Crippen molar-refractivity contribution in [2.75, 3.05) is 13.2 Å². The van der Waals surface area contributed by atoms with Crippen LogP contribution in [-0.4, -0.2) is 25.1 Å². The maximum Gasteiger partial charge on any atom is 0.315 e. The first kappa shape index (κ1) is 16.5. The Morgan fingerprint density at radius 2 is 1.73 bits per heavy atom. The van der Waals surface area contributed by atoms with Crippen molar-refractivity contribution < 1.29 is 14.3 Å². The molecule has 0 aliphatic carbocycles. The Labute approximate surface area is 138 Å². The van der Waals surface area contributed by atoms with Gasteiger partial charge in [0.15, 0.2) is 5.90 Å². The van der Waals surface area contributed by atoms with Gasteiger partial charge in [0.05, 0.1) is 18.9 Å². The van der Waals surface area contributed by atoms with E-state index in [0.717, 1.165) is 20.9 Å². The Morgan fingerprint density at radius 1 is 1.05 bits per heavy atom. The van der Waals surface area contributed by atoms with Gasteiger partial charge in [-0.25, -0.2) is 4.99 Å². The molecule has 5 heteroatoms. The molecular weight excluding hydrogens is 346 g/mol. The molecule has 0 saturated heterocycles. The van der Waals surface area contributed by atoms with Crippen LogP contribution < -0.4 is 0 Å². The van der Waals surface area contributed by atoms with Crippen LogP contribution in [0.25, 0.3) is 10.8 Å². The highest BCUT2D eigenvalue weighted by Gasteiger charge is 2.11. The molecule has 0 bridgehead atoms. The Bertz CT molecular complexity index is 697. The molecule has 0 N–H and O–H groups in total. The van der Waals surface area contributed by atoms with Crippen molar-refractivity contribution in [3.63, 3.8) is 0 Å². The summed E-state index contributed by atoms with van der Waals surface area (Å²) in [7, 11) is 0. The van der Waals surface area contributed by atoms with E-state index in [1.165, 1.54) is 0 Å². The van der Waals surface area contributed by atoms with Crippen molar-refractivity contribution in [1.29, 1.82) is 0 Å². The maximum absolute atomic E-state index is 11.6. The van der Waals surface area contributed by atoms with Crippen LogP contribution in [0.2, 0.25) is 0 Å². The lowest BCUT2D eigenvalue weighted by atomic mass is 10.1. The minimum atomic E-state index is -0.337. The van der Waals surface area contributed by atoms with Crippen molar-refractivity contribution in [3.8, 4) is 0 Å². The van der Waals surface area contributed by atoms with E-state index in [1.807, 2.05) is 43.3 Å².